The van der Waals surface area contributed by atoms with Crippen molar-refractivity contribution in [2.24, 2.45) is 0 Å². The molecule has 0 radical (unpaired) electrons. The molecule has 0 aliphatic rings. The number of carbonyl (C=O) groups is 2. The van der Waals surface area contributed by atoms with Crippen LogP contribution in [0, 0.1) is 5.82 Å². The molecule has 2 amide bonds. The smallest absolute Gasteiger partial charge is 0.320 e. The molecule has 18 heteroatoms. The monoisotopic (exact) mass is 712 g/mol. The van der Waals surface area contributed by atoms with Gasteiger partial charge in [0.25, 0.3) is 11.8 Å². The van der Waals surface area contributed by atoms with Crippen molar-refractivity contribution in [2.45, 2.75) is 30.1 Å². The zero-order valence-electron chi connectivity index (χ0n) is 21.3. The summed E-state index contributed by atoms with van der Waals surface area (Å²) in [5.74, 6) is -10.2. The quantitative estimate of drug-likeness (QED) is 0.260. The molecule has 0 aliphatic heterocycles. The normalized spacial score (nSPS) is 14.2. The van der Waals surface area contributed by atoms with Gasteiger partial charge in [0.2, 0.25) is 0 Å². The van der Waals surface area contributed by atoms with Crippen molar-refractivity contribution in [1.82, 2.24) is 0 Å². The Hall–Kier alpha value is -3.83. The van der Waals surface area contributed by atoms with Crippen molar-refractivity contribution < 1.29 is 66.7 Å². The van der Waals surface area contributed by atoms with E-state index in [4.69, 9.17) is 0 Å². The molecule has 0 aliphatic carbocycles. The van der Waals surface area contributed by atoms with E-state index in [1.54, 1.807) is 5.32 Å². The maximum absolute atomic E-state index is 14.9. The topological polar surface area (TPSA) is 49.4 Å². The number of halogens is 14. The number of benzene rings is 3. The summed E-state index contributed by atoms with van der Waals surface area (Å²) >= 11 is 2.30. The third-order valence-electron chi connectivity index (χ3n) is 6.08. The van der Waals surface area contributed by atoms with Gasteiger partial charge in [-0.25, -0.2) is 8.78 Å². The van der Waals surface area contributed by atoms with E-state index in [2.05, 4.69) is 15.9 Å². The number of amides is 2. The number of hydrogen-bond donors (Lipinski definition) is 1. The van der Waals surface area contributed by atoms with E-state index in [9.17, 15) is 66.7 Å². The van der Waals surface area contributed by atoms with Crippen LogP contribution in [-0.4, -0.2) is 37.1 Å². The molecule has 0 heterocycles. The van der Waals surface area contributed by atoms with Crippen molar-refractivity contribution >= 4 is 39.1 Å². The highest BCUT2D eigenvalue weighted by atomic mass is 79.9. The first kappa shape index (κ1) is 34.7. The van der Waals surface area contributed by atoms with Gasteiger partial charge in [-0.1, -0.05) is 12.1 Å². The molecule has 4 nitrogen and oxygen atoms in total. The molecule has 0 fully saturated rings. The molecule has 0 aromatic heterocycles. The van der Waals surface area contributed by atoms with E-state index >= 15 is 0 Å². The van der Waals surface area contributed by atoms with Crippen LogP contribution in [0.15, 0.2) is 65.1 Å². The van der Waals surface area contributed by atoms with Crippen molar-refractivity contribution in [3.05, 3.63) is 93.2 Å². The lowest BCUT2D eigenvalue weighted by molar-refractivity contribution is -0.389. The number of hydrogen-bond acceptors (Lipinski definition) is 2. The first-order chi connectivity index (χ1) is 19.9. The molecule has 0 saturated carbocycles. The van der Waals surface area contributed by atoms with Gasteiger partial charge in [-0.2, -0.15) is 48.3 Å². The van der Waals surface area contributed by atoms with Gasteiger partial charge in [-0.15, -0.1) is 0 Å². The molecule has 1 unspecified atom stereocenters. The Morgan fingerprint density at radius 2 is 1.32 bits per heavy atom. The number of anilines is 2. The minimum absolute atomic E-state index is 0.0564. The van der Waals surface area contributed by atoms with E-state index in [-0.39, 0.29) is 11.3 Å². The maximum atomic E-state index is 14.9. The van der Waals surface area contributed by atoms with Crippen LogP contribution in [0.3, 0.4) is 0 Å². The number of alkyl halides is 12. The van der Waals surface area contributed by atoms with Crippen molar-refractivity contribution in [3.63, 3.8) is 0 Å². The van der Waals surface area contributed by atoms with Gasteiger partial charge in [-0.05, 0) is 64.5 Å². The van der Waals surface area contributed by atoms with E-state index in [0.717, 1.165) is 35.2 Å². The van der Waals surface area contributed by atoms with Crippen LogP contribution in [0.1, 0.15) is 31.8 Å². The van der Waals surface area contributed by atoms with E-state index < -0.39 is 86.7 Å². The summed E-state index contributed by atoms with van der Waals surface area (Å²) in [6.45, 7) is 0. The summed E-state index contributed by atoms with van der Waals surface area (Å²) in [6, 6.07) is 7.50. The predicted molar refractivity (Wildman–Crippen MR) is 133 cm³/mol. The summed E-state index contributed by atoms with van der Waals surface area (Å²) in [7, 11) is 1.20. The first-order valence-electron chi connectivity index (χ1n) is 11.5. The number of nitrogens with zero attached hydrogens (tertiary/aromatic N) is 1. The first-order valence-corrected chi connectivity index (χ1v) is 12.3. The zero-order valence-corrected chi connectivity index (χ0v) is 22.9. The lowest BCUT2D eigenvalue weighted by Crippen LogP contribution is -2.59. The number of nitrogens with one attached hydrogen (secondary N) is 1. The summed E-state index contributed by atoms with van der Waals surface area (Å²) < 4.78 is 175. The standard InChI is InChI=1S/C26H14BrF13N2O2/c1-42(21(44)13-5-2-6-15(28)8-13)16-7-3-4-12(9-16)20(43)41-19-17(23(30,31)32)10-14(11-18(19)27)22(29,25(35,36)37)24(33,34)26(38,39)40/h2-11H,1H3,(H,41,43). The Balaban J connectivity index is 2.08. The molecular formula is C26H14BrF13N2O2. The zero-order chi connectivity index (χ0) is 33.6. The van der Waals surface area contributed by atoms with E-state index in [0.29, 0.717) is 0 Å². The average molecular weight is 713 g/mol. The second-order valence-corrected chi connectivity index (χ2v) is 9.84. The molecule has 1 atom stereocenters. The number of carbonyl (C=O) groups excluding carboxylic acids is 2. The van der Waals surface area contributed by atoms with Crippen molar-refractivity contribution in [2.75, 3.05) is 17.3 Å². The molecule has 44 heavy (non-hydrogen) atoms. The Morgan fingerprint density at radius 1 is 0.750 bits per heavy atom. The Labute approximate surface area is 246 Å². The minimum atomic E-state index is -7.25. The fraction of sp³-hybridized carbons (Fsp3) is 0.231. The highest BCUT2D eigenvalue weighted by Crippen LogP contribution is 2.59. The summed E-state index contributed by atoms with van der Waals surface area (Å²) in [4.78, 5) is 26.5. The second kappa shape index (κ2) is 11.6. The SMILES string of the molecule is CN(C(=O)c1cccc(F)c1)c1cccc(C(=O)Nc2c(Br)cc(C(F)(C(F)(F)F)C(F)(F)C(F)(F)F)cc2C(F)(F)F)c1. The Kier molecular flexibility index (Phi) is 9.13. The van der Waals surface area contributed by atoms with Gasteiger partial charge in [0.15, 0.2) is 0 Å². The highest BCUT2D eigenvalue weighted by Gasteiger charge is 2.82. The molecule has 238 valence electrons. The average Bonchev–Trinajstić information content (AvgIpc) is 2.90. The lowest BCUT2D eigenvalue weighted by atomic mass is 9.86. The van der Waals surface area contributed by atoms with Crippen LogP contribution in [-0.2, 0) is 11.8 Å². The lowest BCUT2D eigenvalue weighted by Gasteiger charge is -2.36. The fourth-order valence-corrected chi connectivity index (χ4v) is 4.41. The summed E-state index contributed by atoms with van der Waals surface area (Å²) in [5, 5.41) is 1.65. The third-order valence-corrected chi connectivity index (χ3v) is 6.71. The van der Waals surface area contributed by atoms with Crippen LogP contribution < -0.4 is 10.2 Å². The molecule has 3 aromatic rings. The molecule has 0 bridgehead atoms. The van der Waals surface area contributed by atoms with Crippen LogP contribution in [0.2, 0.25) is 0 Å². The van der Waals surface area contributed by atoms with Crippen LogP contribution in [0.4, 0.5) is 68.5 Å². The predicted octanol–water partition coefficient (Wildman–Crippen LogP) is 9.06. The van der Waals surface area contributed by atoms with E-state index in [1.807, 2.05) is 0 Å². The van der Waals surface area contributed by atoms with Crippen LogP contribution in [0.25, 0.3) is 0 Å². The molecule has 3 aromatic carbocycles. The largest absolute Gasteiger partial charge is 0.457 e. The van der Waals surface area contributed by atoms with Gasteiger partial charge in [0.1, 0.15) is 5.82 Å². The highest BCUT2D eigenvalue weighted by molar-refractivity contribution is 9.10. The fourth-order valence-electron chi connectivity index (χ4n) is 3.85. The van der Waals surface area contributed by atoms with Crippen molar-refractivity contribution in [1.29, 1.82) is 0 Å². The third kappa shape index (κ3) is 6.34. The van der Waals surface area contributed by atoms with Gasteiger partial charge in [0.05, 0.1) is 11.3 Å². The molecule has 3 rings (SSSR count). The van der Waals surface area contributed by atoms with Crippen LogP contribution >= 0.6 is 15.9 Å². The van der Waals surface area contributed by atoms with Gasteiger partial charge < -0.3 is 10.2 Å². The van der Waals surface area contributed by atoms with Crippen molar-refractivity contribution in [3.8, 4) is 0 Å². The molecule has 0 saturated heterocycles. The Morgan fingerprint density at radius 3 is 1.84 bits per heavy atom. The second-order valence-electron chi connectivity index (χ2n) is 8.99. The summed E-state index contributed by atoms with van der Waals surface area (Å²) in [6.07, 6.45) is -20.1. The van der Waals surface area contributed by atoms with E-state index in [1.165, 1.54) is 25.2 Å². The van der Waals surface area contributed by atoms with Gasteiger partial charge >= 0.3 is 30.1 Å². The molecular weight excluding hydrogens is 699 g/mol. The molecule has 0 spiro atoms. The number of rotatable bonds is 6. The Bertz CT molecular complexity index is 1590. The molecule has 1 N–H and O–H groups in total. The van der Waals surface area contributed by atoms with Crippen LogP contribution in [0.5, 0.6) is 0 Å². The maximum Gasteiger partial charge on any atom is 0.457 e. The van der Waals surface area contributed by atoms with Gasteiger partial charge in [0, 0.05) is 33.9 Å². The summed E-state index contributed by atoms with van der Waals surface area (Å²) in [5.41, 5.74) is -14.0. The van der Waals surface area contributed by atoms with Gasteiger partial charge in [-0.3, -0.25) is 9.59 Å². The minimum Gasteiger partial charge on any atom is -0.320 e.